The first kappa shape index (κ1) is 22.9. The highest BCUT2D eigenvalue weighted by Gasteiger charge is 2.70. The number of allylic oxidation sites excluding steroid dienone is 3. The summed E-state index contributed by atoms with van der Waals surface area (Å²) >= 11 is 0. The zero-order chi connectivity index (χ0) is 25.3. The first-order valence-corrected chi connectivity index (χ1v) is 13.2. The van der Waals surface area contributed by atoms with Crippen molar-refractivity contribution in [1.82, 2.24) is 9.88 Å². The third-order valence-electron chi connectivity index (χ3n) is 10.7. The SMILES string of the molecule is CN(C)C1CC23CCC4(O2)C(=CC(C)(C)C2(C)C(c5ccc6ncoc6c5)=CCC42)C=C3C(O)C1O. The first-order valence-electron chi connectivity index (χ1n) is 13.2. The topological polar surface area (TPSA) is 79.0 Å². The Morgan fingerprint density at radius 1 is 1.11 bits per heavy atom. The van der Waals surface area contributed by atoms with Crippen molar-refractivity contribution in [3.63, 3.8) is 0 Å². The van der Waals surface area contributed by atoms with Crippen molar-refractivity contribution < 1.29 is 19.4 Å². The average Bonchev–Trinajstić information content (AvgIpc) is 3.52. The van der Waals surface area contributed by atoms with E-state index in [1.54, 1.807) is 0 Å². The van der Waals surface area contributed by atoms with Gasteiger partial charge in [-0.05, 0) is 79.6 Å². The molecular weight excluding hydrogens is 452 g/mol. The highest BCUT2D eigenvalue weighted by Crippen LogP contribution is 2.71. The maximum absolute atomic E-state index is 11.2. The highest BCUT2D eigenvalue weighted by atomic mass is 16.5. The Hall–Kier alpha value is -2.25. The third-order valence-corrected chi connectivity index (χ3v) is 10.7. The lowest BCUT2D eigenvalue weighted by Gasteiger charge is -2.60. The number of rotatable bonds is 2. The fourth-order valence-corrected chi connectivity index (χ4v) is 8.54. The highest BCUT2D eigenvalue weighted by molar-refractivity contribution is 5.82. The van der Waals surface area contributed by atoms with Gasteiger partial charge in [0.2, 0.25) is 0 Å². The Labute approximate surface area is 212 Å². The van der Waals surface area contributed by atoms with Crippen LogP contribution in [0.3, 0.4) is 0 Å². The van der Waals surface area contributed by atoms with Crippen LogP contribution in [0, 0.1) is 16.7 Å². The molecule has 36 heavy (non-hydrogen) atoms. The summed E-state index contributed by atoms with van der Waals surface area (Å²) in [5.41, 5.74) is 5.09. The monoisotopic (exact) mass is 488 g/mol. The Balaban J connectivity index is 1.37. The van der Waals surface area contributed by atoms with Gasteiger partial charge in [0.15, 0.2) is 12.0 Å². The number of hydrogen-bond donors (Lipinski definition) is 2. The van der Waals surface area contributed by atoms with Crippen LogP contribution < -0.4 is 0 Å². The molecule has 2 aliphatic heterocycles. The predicted molar refractivity (Wildman–Crippen MR) is 138 cm³/mol. The number of aromatic nitrogens is 1. The standard InChI is InChI=1S/C30H36N2O4/c1-27(2)14-18-13-20-25(33)26(34)22(32(4)5)15-29(20)10-11-30(18,36-29)24-9-7-19(28(24,27)3)17-6-8-21-23(12-17)35-16-31-21/h6-8,12-14,16,22,24-26,33-34H,9-11,15H2,1-5H3. The molecule has 190 valence electrons. The van der Waals surface area contributed by atoms with E-state index in [1.807, 2.05) is 25.1 Å². The normalized spacial score (nSPS) is 42.5. The zero-order valence-electron chi connectivity index (χ0n) is 21.8. The van der Waals surface area contributed by atoms with E-state index in [-0.39, 0.29) is 28.4 Å². The molecule has 1 aromatic heterocycles. The summed E-state index contributed by atoms with van der Waals surface area (Å²) < 4.78 is 12.9. The average molecular weight is 489 g/mol. The van der Waals surface area contributed by atoms with Crippen molar-refractivity contribution >= 4 is 16.7 Å². The van der Waals surface area contributed by atoms with Gasteiger partial charge in [-0.15, -0.1) is 0 Å². The van der Waals surface area contributed by atoms with Crippen molar-refractivity contribution in [2.75, 3.05) is 14.1 Å². The van der Waals surface area contributed by atoms with Gasteiger partial charge in [-0.3, -0.25) is 0 Å². The van der Waals surface area contributed by atoms with E-state index in [4.69, 9.17) is 9.15 Å². The summed E-state index contributed by atoms with van der Waals surface area (Å²) in [6.45, 7) is 7.07. The molecule has 2 spiro atoms. The minimum Gasteiger partial charge on any atom is -0.443 e. The van der Waals surface area contributed by atoms with Crippen LogP contribution >= 0.6 is 0 Å². The van der Waals surface area contributed by atoms with Gasteiger partial charge in [-0.1, -0.05) is 45.1 Å². The van der Waals surface area contributed by atoms with Crippen LogP contribution in [0.1, 0.15) is 52.0 Å². The number of likely N-dealkylation sites (N-methyl/N-ethyl adjacent to an activating group) is 1. The van der Waals surface area contributed by atoms with Crippen LogP contribution in [0.4, 0.5) is 0 Å². The van der Waals surface area contributed by atoms with E-state index in [9.17, 15) is 10.2 Å². The van der Waals surface area contributed by atoms with Crippen LogP contribution in [-0.2, 0) is 4.74 Å². The van der Waals surface area contributed by atoms with Gasteiger partial charge >= 0.3 is 0 Å². The van der Waals surface area contributed by atoms with Gasteiger partial charge in [0.05, 0.1) is 17.3 Å². The van der Waals surface area contributed by atoms with E-state index in [2.05, 4.69) is 56.1 Å². The number of hydrogen-bond acceptors (Lipinski definition) is 6. The Kier molecular flexibility index (Phi) is 4.45. The largest absolute Gasteiger partial charge is 0.443 e. The van der Waals surface area contributed by atoms with Crippen LogP contribution in [0.2, 0.25) is 0 Å². The van der Waals surface area contributed by atoms with Crippen LogP contribution in [0.15, 0.2) is 58.4 Å². The molecule has 6 heteroatoms. The molecule has 3 heterocycles. The number of aliphatic hydroxyl groups excluding tert-OH is 2. The van der Waals surface area contributed by atoms with Crippen LogP contribution in [-0.4, -0.2) is 63.6 Å². The number of nitrogens with zero attached hydrogens (tertiary/aromatic N) is 2. The summed E-state index contributed by atoms with van der Waals surface area (Å²) in [6.07, 6.45) is 10.3. The molecule has 7 rings (SSSR count). The van der Waals surface area contributed by atoms with Crippen LogP contribution in [0.5, 0.6) is 0 Å². The number of oxazole rings is 1. The third kappa shape index (κ3) is 2.59. The Morgan fingerprint density at radius 3 is 2.69 bits per heavy atom. The predicted octanol–water partition coefficient (Wildman–Crippen LogP) is 4.49. The van der Waals surface area contributed by atoms with Crippen molar-refractivity contribution in [2.24, 2.45) is 16.7 Å². The Bertz CT molecular complexity index is 1370. The summed E-state index contributed by atoms with van der Waals surface area (Å²) in [5, 5.41) is 22.2. The second-order valence-corrected chi connectivity index (χ2v) is 12.7. The second kappa shape index (κ2) is 6.98. The summed E-state index contributed by atoms with van der Waals surface area (Å²) in [5.74, 6) is 0.277. The fraction of sp³-hybridized carbons (Fsp3) is 0.567. The molecule has 3 aliphatic carbocycles. The lowest BCUT2D eigenvalue weighted by molar-refractivity contribution is -0.170. The number of benzene rings is 1. The van der Waals surface area contributed by atoms with E-state index >= 15 is 0 Å². The molecule has 0 radical (unpaired) electrons. The maximum Gasteiger partial charge on any atom is 0.181 e. The number of ether oxygens (including phenoxy) is 1. The number of aliphatic hydroxyl groups is 2. The molecule has 2 N–H and O–H groups in total. The van der Waals surface area contributed by atoms with E-state index in [0.29, 0.717) is 6.42 Å². The molecule has 2 bridgehead atoms. The van der Waals surface area contributed by atoms with Crippen molar-refractivity contribution in [2.45, 2.75) is 75.9 Å². The second-order valence-electron chi connectivity index (χ2n) is 12.7. The van der Waals surface area contributed by atoms with Crippen LogP contribution in [0.25, 0.3) is 16.7 Å². The Morgan fingerprint density at radius 2 is 1.92 bits per heavy atom. The molecule has 1 saturated heterocycles. The first-order chi connectivity index (χ1) is 17.0. The molecule has 7 atom stereocenters. The smallest absolute Gasteiger partial charge is 0.181 e. The summed E-state index contributed by atoms with van der Waals surface area (Å²) in [7, 11) is 3.95. The molecule has 2 aromatic rings. The molecule has 0 amide bonds. The van der Waals surface area contributed by atoms with Crippen molar-refractivity contribution in [3.05, 3.63) is 59.5 Å². The molecular formula is C30H36N2O4. The molecule has 1 saturated carbocycles. The minimum absolute atomic E-state index is 0.143. The van der Waals surface area contributed by atoms with Crippen molar-refractivity contribution in [3.8, 4) is 0 Å². The van der Waals surface area contributed by atoms with Gasteiger partial charge in [0, 0.05) is 17.4 Å². The van der Waals surface area contributed by atoms with E-state index in [1.165, 1.54) is 23.1 Å². The van der Waals surface area contributed by atoms with Gasteiger partial charge in [0.1, 0.15) is 11.6 Å². The zero-order valence-corrected chi connectivity index (χ0v) is 21.8. The molecule has 7 unspecified atom stereocenters. The van der Waals surface area contributed by atoms with Crippen molar-refractivity contribution in [1.29, 1.82) is 0 Å². The maximum atomic E-state index is 11.2. The van der Waals surface area contributed by atoms with Gasteiger partial charge < -0.3 is 24.3 Å². The molecule has 6 nitrogen and oxygen atoms in total. The summed E-state index contributed by atoms with van der Waals surface area (Å²) in [6, 6.07) is 6.21. The quantitative estimate of drug-likeness (QED) is 0.649. The molecule has 5 aliphatic rings. The minimum atomic E-state index is -0.912. The molecule has 1 aromatic carbocycles. The van der Waals surface area contributed by atoms with E-state index < -0.39 is 17.8 Å². The van der Waals surface area contributed by atoms with Gasteiger partial charge in [0.25, 0.3) is 0 Å². The summed E-state index contributed by atoms with van der Waals surface area (Å²) in [4.78, 5) is 6.33. The van der Waals surface area contributed by atoms with E-state index in [0.717, 1.165) is 35.9 Å². The number of fused-ring (bicyclic) bond motifs is 2. The van der Waals surface area contributed by atoms with Gasteiger partial charge in [-0.25, -0.2) is 4.98 Å². The lowest BCUT2D eigenvalue weighted by Crippen LogP contribution is -2.63. The lowest BCUT2D eigenvalue weighted by atomic mass is 9.49. The fourth-order valence-electron chi connectivity index (χ4n) is 8.54. The van der Waals surface area contributed by atoms with Gasteiger partial charge in [-0.2, -0.15) is 0 Å². The molecule has 2 fully saturated rings.